The third-order valence-corrected chi connectivity index (χ3v) is 6.30. The van der Waals surface area contributed by atoms with Crippen LogP contribution in [0.15, 0.2) is 18.2 Å². The largest absolute Gasteiger partial charge is 0.426 e. The molecule has 0 aliphatic heterocycles. The Bertz CT molecular complexity index is 725. The Balaban J connectivity index is 2.02. The maximum Gasteiger partial charge on any atom is 0.326 e. The number of fused-ring (bicyclic) bond motifs is 2. The number of Topliss-reactive ketones (excluding diaryl/α,β-unsaturated/α-hetero) is 2. The summed E-state index contributed by atoms with van der Waals surface area (Å²) >= 11 is 0. The Morgan fingerprint density at radius 2 is 1.52 bits per heavy atom. The molecule has 0 saturated heterocycles. The van der Waals surface area contributed by atoms with Gasteiger partial charge in [-0.1, -0.05) is 26.8 Å². The van der Waals surface area contributed by atoms with Gasteiger partial charge in [-0.05, 0) is 49.9 Å². The van der Waals surface area contributed by atoms with Gasteiger partial charge in [-0.3, -0.25) is 14.4 Å². The SMILES string of the molecule is Cc1cc(C)cc(OC(=O)[C@@]23CC[C@](C)(C(=O)C2=O)C3(C)C)c1. The molecule has 0 amide bonds. The second-order valence-corrected chi connectivity index (χ2v) is 7.73. The van der Waals surface area contributed by atoms with Crippen molar-refractivity contribution in [1.82, 2.24) is 0 Å². The van der Waals surface area contributed by atoms with E-state index in [-0.39, 0.29) is 0 Å². The molecule has 0 N–H and O–H groups in total. The number of esters is 1. The molecule has 2 fully saturated rings. The Hall–Kier alpha value is -1.97. The van der Waals surface area contributed by atoms with Crippen LogP contribution in [0.4, 0.5) is 0 Å². The van der Waals surface area contributed by atoms with Crippen molar-refractivity contribution in [2.75, 3.05) is 0 Å². The molecule has 2 aliphatic carbocycles. The molecule has 2 bridgehead atoms. The molecule has 122 valence electrons. The number of hydrogen-bond acceptors (Lipinski definition) is 4. The Kier molecular flexibility index (Phi) is 3.13. The van der Waals surface area contributed by atoms with Crippen LogP contribution >= 0.6 is 0 Å². The molecule has 1 aromatic carbocycles. The minimum Gasteiger partial charge on any atom is -0.426 e. The van der Waals surface area contributed by atoms with Crippen LogP contribution in [0.25, 0.3) is 0 Å². The molecule has 2 atom stereocenters. The lowest BCUT2D eigenvalue weighted by Crippen LogP contribution is -2.47. The van der Waals surface area contributed by atoms with Crippen LogP contribution in [0.5, 0.6) is 5.75 Å². The molecule has 4 heteroatoms. The van der Waals surface area contributed by atoms with Gasteiger partial charge in [0.25, 0.3) is 0 Å². The second kappa shape index (κ2) is 4.53. The zero-order valence-electron chi connectivity index (χ0n) is 14.3. The van der Waals surface area contributed by atoms with E-state index < -0.39 is 33.8 Å². The number of rotatable bonds is 2. The molecule has 3 rings (SSSR count). The number of ether oxygens (including phenoxy) is 1. The lowest BCUT2D eigenvalue weighted by atomic mass is 9.65. The van der Waals surface area contributed by atoms with Gasteiger partial charge >= 0.3 is 5.97 Å². The molecule has 0 heterocycles. The molecule has 1 aromatic rings. The van der Waals surface area contributed by atoms with Gasteiger partial charge in [-0.15, -0.1) is 0 Å². The number of carbonyl (C=O) groups excluding carboxylic acids is 3. The van der Waals surface area contributed by atoms with Crippen molar-refractivity contribution in [3.63, 3.8) is 0 Å². The fourth-order valence-corrected chi connectivity index (χ4v) is 4.41. The van der Waals surface area contributed by atoms with Crippen molar-refractivity contribution in [2.45, 2.75) is 47.5 Å². The van der Waals surface area contributed by atoms with Gasteiger partial charge in [0, 0.05) is 10.8 Å². The monoisotopic (exact) mass is 314 g/mol. The molecule has 0 unspecified atom stereocenters. The number of ketones is 2. The first-order chi connectivity index (χ1) is 10.6. The maximum atomic E-state index is 12.9. The highest BCUT2D eigenvalue weighted by molar-refractivity contribution is 6.48. The van der Waals surface area contributed by atoms with Crippen molar-refractivity contribution in [3.05, 3.63) is 29.3 Å². The summed E-state index contributed by atoms with van der Waals surface area (Å²) in [6.07, 6.45) is 0.928. The second-order valence-electron chi connectivity index (χ2n) is 7.73. The van der Waals surface area contributed by atoms with Crippen LogP contribution in [0.3, 0.4) is 0 Å². The summed E-state index contributed by atoms with van der Waals surface area (Å²) in [5.74, 6) is -1.16. The van der Waals surface area contributed by atoms with Crippen molar-refractivity contribution in [2.24, 2.45) is 16.2 Å². The molecule has 2 aliphatic rings. The van der Waals surface area contributed by atoms with Crippen molar-refractivity contribution in [3.8, 4) is 5.75 Å². The number of aryl methyl sites for hydroxylation is 2. The fourth-order valence-electron chi connectivity index (χ4n) is 4.41. The smallest absolute Gasteiger partial charge is 0.326 e. The standard InChI is InChI=1S/C19H22O4/c1-11-8-12(2)10-13(9-11)23-16(22)19-7-6-18(5,17(19,3)4)14(20)15(19)21/h8-10H,6-7H2,1-5H3/t18-,19-/m1/s1. The van der Waals surface area contributed by atoms with Gasteiger partial charge in [0.05, 0.1) is 0 Å². The number of carbonyl (C=O) groups is 3. The van der Waals surface area contributed by atoms with E-state index in [0.717, 1.165) is 11.1 Å². The minimum absolute atomic E-state index is 0.380. The van der Waals surface area contributed by atoms with Crippen LogP contribution in [0, 0.1) is 30.1 Å². The van der Waals surface area contributed by atoms with E-state index >= 15 is 0 Å². The summed E-state index contributed by atoms with van der Waals surface area (Å²) < 4.78 is 5.57. The Morgan fingerprint density at radius 3 is 2.00 bits per heavy atom. The summed E-state index contributed by atoms with van der Waals surface area (Å²) in [5, 5.41) is 0. The zero-order chi connectivity index (χ0) is 17.2. The summed E-state index contributed by atoms with van der Waals surface area (Å²) in [6.45, 7) is 9.32. The molecule has 2 saturated carbocycles. The summed E-state index contributed by atoms with van der Waals surface area (Å²) in [6, 6.07) is 5.52. The average Bonchev–Trinajstić information content (AvgIpc) is 2.70. The van der Waals surface area contributed by atoms with Gasteiger partial charge < -0.3 is 4.74 Å². The van der Waals surface area contributed by atoms with Crippen molar-refractivity contribution >= 4 is 17.5 Å². The van der Waals surface area contributed by atoms with E-state index in [1.165, 1.54) is 0 Å². The summed E-state index contributed by atoms with van der Waals surface area (Å²) in [4.78, 5) is 38.0. The van der Waals surface area contributed by atoms with Crippen LogP contribution in [-0.4, -0.2) is 17.5 Å². The lowest BCUT2D eigenvalue weighted by molar-refractivity contribution is -0.157. The van der Waals surface area contributed by atoms with Gasteiger partial charge in [-0.2, -0.15) is 0 Å². The first-order valence-electron chi connectivity index (χ1n) is 7.96. The number of benzene rings is 1. The van der Waals surface area contributed by atoms with Gasteiger partial charge in [0.2, 0.25) is 11.6 Å². The maximum absolute atomic E-state index is 12.9. The van der Waals surface area contributed by atoms with Gasteiger partial charge in [0.15, 0.2) is 0 Å². The van der Waals surface area contributed by atoms with E-state index in [1.54, 1.807) is 19.1 Å². The van der Waals surface area contributed by atoms with E-state index in [4.69, 9.17) is 4.74 Å². The van der Waals surface area contributed by atoms with E-state index in [2.05, 4.69) is 0 Å². The topological polar surface area (TPSA) is 60.4 Å². The molecule has 4 nitrogen and oxygen atoms in total. The lowest BCUT2D eigenvalue weighted by Gasteiger charge is -2.36. The molecule has 23 heavy (non-hydrogen) atoms. The van der Waals surface area contributed by atoms with Crippen LogP contribution in [0.1, 0.15) is 44.7 Å². The molecule has 0 radical (unpaired) electrons. The number of hydrogen-bond donors (Lipinski definition) is 0. The summed E-state index contributed by atoms with van der Waals surface area (Å²) in [7, 11) is 0. The first kappa shape index (κ1) is 15.9. The van der Waals surface area contributed by atoms with E-state index in [1.807, 2.05) is 33.8 Å². The highest BCUT2D eigenvalue weighted by Crippen LogP contribution is 2.69. The summed E-state index contributed by atoms with van der Waals surface area (Å²) in [5.41, 5.74) is -0.893. The minimum atomic E-state index is -1.35. The fraction of sp³-hybridized carbons (Fsp3) is 0.526. The van der Waals surface area contributed by atoms with E-state index in [0.29, 0.717) is 18.6 Å². The van der Waals surface area contributed by atoms with Crippen LogP contribution < -0.4 is 4.74 Å². The van der Waals surface area contributed by atoms with Gasteiger partial charge in [-0.25, -0.2) is 0 Å². The van der Waals surface area contributed by atoms with Crippen molar-refractivity contribution in [1.29, 1.82) is 0 Å². The van der Waals surface area contributed by atoms with Crippen LogP contribution in [-0.2, 0) is 14.4 Å². The quantitative estimate of drug-likeness (QED) is 0.364. The highest BCUT2D eigenvalue weighted by atomic mass is 16.5. The highest BCUT2D eigenvalue weighted by Gasteiger charge is 2.78. The Labute approximate surface area is 136 Å². The third kappa shape index (κ3) is 1.75. The molecule has 0 aromatic heterocycles. The predicted molar refractivity (Wildman–Crippen MR) is 85.1 cm³/mol. The predicted octanol–water partition coefficient (Wildman–Crippen LogP) is 3.17. The third-order valence-electron chi connectivity index (χ3n) is 6.30. The van der Waals surface area contributed by atoms with Crippen molar-refractivity contribution < 1.29 is 19.1 Å². The van der Waals surface area contributed by atoms with Gasteiger partial charge in [0.1, 0.15) is 11.2 Å². The zero-order valence-corrected chi connectivity index (χ0v) is 14.3. The normalized spacial score (nSPS) is 31.5. The average molecular weight is 314 g/mol. The molecular weight excluding hydrogens is 292 g/mol. The first-order valence-corrected chi connectivity index (χ1v) is 7.96. The Morgan fingerprint density at radius 1 is 0.957 bits per heavy atom. The molecular formula is C19H22O4. The molecule has 0 spiro atoms. The van der Waals surface area contributed by atoms with E-state index in [9.17, 15) is 14.4 Å². The van der Waals surface area contributed by atoms with Crippen LogP contribution in [0.2, 0.25) is 0 Å².